The van der Waals surface area contributed by atoms with Gasteiger partial charge in [-0.05, 0) is 28.1 Å². The monoisotopic (exact) mass is 329 g/mol. The van der Waals surface area contributed by atoms with Crippen LogP contribution in [-0.4, -0.2) is 16.1 Å². The molecule has 18 heavy (non-hydrogen) atoms. The first-order valence-corrected chi connectivity index (χ1v) is 5.85. The second-order valence-electron chi connectivity index (χ2n) is 3.29. The van der Waals surface area contributed by atoms with E-state index in [9.17, 15) is 9.59 Å². The van der Waals surface area contributed by atoms with E-state index in [1.807, 2.05) is 0 Å². The molecule has 0 unspecified atom stereocenters. The molecule has 1 aromatic heterocycles. The molecule has 0 aliphatic rings. The molecule has 0 saturated carbocycles. The fraction of sp³-hybridized carbons (Fsp3) is 0. The number of carboxylic acid groups (broad SMARTS) is 1. The van der Waals surface area contributed by atoms with Gasteiger partial charge in [0.1, 0.15) is 0 Å². The molecule has 0 bridgehead atoms. The molecule has 1 heterocycles. The predicted octanol–water partition coefficient (Wildman–Crippen LogP) is 2.70. The van der Waals surface area contributed by atoms with Crippen molar-refractivity contribution in [3.8, 4) is 0 Å². The summed E-state index contributed by atoms with van der Waals surface area (Å²) in [5.41, 5.74) is -0.270. The first-order chi connectivity index (χ1) is 8.47. The highest BCUT2D eigenvalue weighted by molar-refractivity contribution is 9.10. The Bertz CT molecular complexity index is 723. The highest BCUT2D eigenvalue weighted by atomic mass is 79.9. The maximum atomic E-state index is 11.7. The minimum absolute atomic E-state index is 0.0853. The number of rotatable bonds is 2. The van der Waals surface area contributed by atoms with Crippen molar-refractivity contribution >= 4 is 50.5 Å². The molecule has 0 aliphatic heterocycles. The van der Waals surface area contributed by atoms with Gasteiger partial charge in [-0.2, -0.15) is 0 Å². The largest absolute Gasteiger partial charge is 0.478 e. The lowest BCUT2D eigenvalue weighted by atomic mass is 10.2. The number of fused-ring (bicyclic) bond motifs is 1. The Balaban J connectivity index is 2.69. The van der Waals surface area contributed by atoms with E-state index in [1.54, 1.807) is 6.07 Å². The maximum absolute atomic E-state index is 11.7. The maximum Gasteiger partial charge on any atom is 0.347 e. The summed E-state index contributed by atoms with van der Waals surface area (Å²) in [5.74, 6) is -1.24. The van der Waals surface area contributed by atoms with Gasteiger partial charge in [-0.3, -0.25) is 0 Å². The summed E-state index contributed by atoms with van der Waals surface area (Å²) in [4.78, 5) is 26.1. The van der Waals surface area contributed by atoms with Crippen LogP contribution in [-0.2, 0) is 4.79 Å². The Morgan fingerprint density at radius 2 is 2.22 bits per heavy atom. The van der Waals surface area contributed by atoms with E-state index in [-0.39, 0.29) is 11.3 Å². The van der Waals surface area contributed by atoms with Gasteiger partial charge in [-0.15, -0.1) is 0 Å². The average molecular weight is 331 g/mol. The van der Waals surface area contributed by atoms with Gasteiger partial charge in [0.25, 0.3) is 0 Å². The molecule has 2 rings (SSSR count). The normalized spacial score (nSPS) is 11.2. The van der Waals surface area contributed by atoms with E-state index >= 15 is 0 Å². The smallest absolute Gasteiger partial charge is 0.347 e. The lowest BCUT2D eigenvalue weighted by Gasteiger charge is -2.00. The van der Waals surface area contributed by atoms with Crippen LogP contribution in [0.3, 0.4) is 0 Å². The number of nitrogens with zero attached hydrogens (tertiary/aromatic N) is 1. The summed E-state index contributed by atoms with van der Waals surface area (Å²) in [6.45, 7) is 0. The van der Waals surface area contributed by atoms with Crippen molar-refractivity contribution in [2.75, 3.05) is 0 Å². The highest BCUT2D eigenvalue weighted by Crippen LogP contribution is 2.25. The quantitative estimate of drug-likeness (QED) is 0.856. The van der Waals surface area contributed by atoms with Crippen LogP contribution >= 0.6 is 27.5 Å². The molecule has 0 aliphatic carbocycles. The van der Waals surface area contributed by atoms with Crippen molar-refractivity contribution in [3.63, 3.8) is 0 Å². The first-order valence-electron chi connectivity index (χ1n) is 4.68. The number of halogens is 2. The summed E-state index contributed by atoms with van der Waals surface area (Å²) in [5, 5.41) is 9.08. The summed E-state index contributed by atoms with van der Waals surface area (Å²) in [6, 6.07) is 3.02. The topological polar surface area (TPSA) is 80.4 Å². The van der Waals surface area contributed by atoms with Crippen LogP contribution in [0.2, 0.25) is 5.02 Å². The number of aromatic nitrogens is 1. The van der Waals surface area contributed by atoms with E-state index in [1.165, 1.54) is 6.07 Å². The second kappa shape index (κ2) is 4.91. The van der Waals surface area contributed by atoms with Crippen LogP contribution in [0, 0.1) is 0 Å². The third-order valence-corrected chi connectivity index (χ3v) is 2.86. The molecule has 0 fully saturated rings. The molecule has 0 atom stereocenters. The van der Waals surface area contributed by atoms with Crippen LogP contribution in [0.4, 0.5) is 0 Å². The molecule has 5 nitrogen and oxygen atoms in total. The molecule has 92 valence electrons. The third kappa shape index (κ3) is 2.60. The number of benzene rings is 1. The van der Waals surface area contributed by atoms with Gasteiger partial charge < -0.3 is 9.52 Å². The van der Waals surface area contributed by atoms with E-state index < -0.39 is 11.6 Å². The fourth-order valence-corrected chi connectivity index (χ4v) is 2.23. The van der Waals surface area contributed by atoms with Gasteiger partial charge in [-0.25, -0.2) is 14.6 Å². The average Bonchev–Trinajstić information content (AvgIpc) is 2.28. The van der Waals surface area contributed by atoms with Crippen molar-refractivity contribution in [2.24, 2.45) is 0 Å². The lowest BCUT2D eigenvalue weighted by Crippen LogP contribution is -2.03. The molecule has 0 amide bonds. The molecule has 0 spiro atoms. The summed E-state index contributed by atoms with van der Waals surface area (Å²) in [6.07, 6.45) is 1.94. The van der Waals surface area contributed by atoms with Gasteiger partial charge in [0.05, 0.1) is 10.9 Å². The van der Waals surface area contributed by atoms with E-state index in [0.29, 0.717) is 15.0 Å². The number of carbonyl (C=O) groups is 1. The van der Waals surface area contributed by atoms with Crippen molar-refractivity contribution in [3.05, 3.63) is 44.0 Å². The zero-order chi connectivity index (χ0) is 13.3. The standard InChI is InChI=1S/C11H5BrClNO4/c12-7-4-5(13)3-6-10(7)14-8(18-11(6)17)1-2-9(15)16/h1-4H,(H,15,16)/b2-1+. The number of hydrogen-bond acceptors (Lipinski definition) is 4. The van der Waals surface area contributed by atoms with Crippen LogP contribution in [0.1, 0.15) is 5.89 Å². The van der Waals surface area contributed by atoms with Crippen molar-refractivity contribution in [1.29, 1.82) is 0 Å². The Kier molecular flexibility index (Phi) is 3.49. The molecule has 1 aromatic carbocycles. The predicted molar refractivity (Wildman–Crippen MR) is 69.7 cm³/mol. The van der Waals surface area contributed by atoms with Gasteiger partial charge in [0.15, 0.2) is 0 Å². The second-order valence-corrected chi connectivity index (χ2v) is 4.59. The Morgan fingerprint density at radius 1 is 1.50 bits per heavy atom. The van der Waals surface area contributed by atoms with Gasteiger partial charge in [0.2, 0.25) is 5.89 Å². The number of aliphatic carboxylic acids is 1. The summed E-state index contributed by atoms with van der Waals surface area (Å²) < 4.78 is 5.39. The van der Waals surface area contributed by atoms with Crippen LogP contribution in [0.5, 0.6) is 0 Å². The Hall–Kier alpha value is -1.66. The summed E-state index contributed by atoms with van der Waals surface area (Å²) >= 11 is 9.04. The molecule has 7 heteroatoms. The number of carboxylic acids is 1. The molecule has 0 radical (unpaired) electrons. The van der Waals surface area contributed by atoms with Crippen molar-refractivity contribution < 1.29 is 14.3 Å². The molecule has 2 aromatic rings. The lowest BCUT2D eigenvalue weighted by molar-refractivity contribution is -0.131. The van der Waals surface area contributed by atoms with E-state index in [2.05, 4.69) is 20.9 Å². The Labute approximate surface area is 114 Å². The zero-order valence-corrected chi connectivity index (χ0v) is 11.0. The Morgan fingerprint density at radius 3 is 2.89 bits per heavy atom. The SMILES string of the molecule is O=C(O)/C=C/c1nc2c(Br)cc(Cl)cc2c(=O)o1. The van der Waals surface area contributed by atoms with E-state index in [0.717, 1.165) is 12.2 Å². The summed E-state index contributed by atoms with van der Waals surface area (Å²) in [7, 11) is 0. The van der Waals surface area contributed by atoms with Crippen molar-refractivity contribution in [1.82, 2.24) is 4.98 Å². The van der Waals surface area contributed by atoms with Crippen LogP contribution in [0.25, 0.3) is 17.0 Å². The third-order valence-electron chi connectivity index (χ3n) is 2.04. The molecular formula is C11H5BrClNO4. The number of hydrogen-bond donors (Lipinski definition) is 1. The van der Waals surface area contributed by atoms with Gasteiger partial charge >= 0.3 is 11.6 Å². The minimum Gasteiger partial charge on any atom is -0.478 e. The minimum atomic E-state index is -1.16. The van der Waals surface area contributed by atoms with Crippen LogP contribution in [0.15, 0.2) is 31.9 Å². The molecule has 0 saturated heterocycles. The zero-order valence-electron chi connectivity index (χ0n) is 8.68. The van der Waals surface area contributed by atoms with Crippen molar-refractivity contribution in [2.45, 2.75) is 0 Å². The van der Waals surface area contributed by atoms with Gasteiger partial charge in [0, 0.05) is 21.6 Å². The molecular weight excluding hydrogens is 325 g/mol. The van der Waals surface area contributed by atoms with Gasteiger partial charge in [-0.1, -0.05) is 11.6 Å². The van der Waals surface area contributed by atoms with Crippen LogP contribution < -0.4 is 5.63 Å². The first kappa shape index (κ1) is 12.8. The van der Waals surface area contributed by atoms with E-state index in [4.69, 9.17) is 21.1 Å². The highest BCUT2D eigenvalue weighted by Gasteiger charge is 2.09. The fourth-order valence-electron chi connectivity index (χ4n) is 1.33. The molecule has 1 N–H and O–H groups in total.